The van der Waals surface area contributed by atoms with Crippen LogP contribution in [0.2, 0.25) is 0 Å². The van der Waals surface area contributed by atoms with Gasteiger partial charge in [-0.3, -0.25) is 19.4 Å². The molecule has 0 aliphatic carbocycles. The van der Waals surface area contributed by atoms with E-state index in [0.717, 1.165) is 0 Å². The summed E-state index contributed by atoms with van der Waals surface area (Å²) in [6, 6.07) is 4.45. The molecule has 4 rings (SSSR count). The fourth-order valence-corrected chi connectivity index (χ4v) is 6.98. The Hall–Kier alpha value is -2.63. The van der Waals surface area contributed by atoms with Gasteiger partial charge in [0.15, 0.2) is 15.6 Å². The van der Waals surface area contributed by atoms with Crippen molar-refractivity contribution in [2.45, 2.75) is 55.4 Å². The zero-order valence-electron chi connectivity index (χ0n) is 18.1. The van der Waals surface area contributed by atoms with Crippen molar-refractivity contribution in [1.82, 2.24) is 20.5 Å². The molecule has 0 saturated carbocycles. The average Bonchev–Trinajstić information content (AvgIpc) is 3.52. The Kier molecular flexibility index (Phi) is 6.91. The molecule has 11 heteroatoms. The molecule has 2 aromatic heterocycles. The topological polar surface area (TPSA) is 126 Å². The van der Waals surface area contributed by atoms with Crippen LogP contribution in [-0.4, -0.2) is 65.9 Å². The highest BCUT2D eigenvalue weighted by Crippen LogP contribution is 2.34. The first-order chi connectivity index (χ1) is 15.8. The molecule has 2 aliphatic rings. The maximum atomic E-state index is 13.7. The van der Waals surface area contributed by atoms with Crippen LogP contribution in [0.3, 0.4) is 0 Å². The Bertz CT molecular complexity index is 1120. The third-order valence-electron chi connectivity index (χ3n) is 6.02. The van der Waals surface area contributed by atoms with Crippen LogP contribution in [0.1, 0.15) is 42.2 Å². The van der Waals surface area contributed by atoms with E-state index in [2.05, 4.69) is 15.6 Å². The van der Waals surface area contributed by atoms with Crippen LogP contribution in [0.25, 0.3) is 0 Å². The molecule has 9 nitrogen and oxygen atoms in total. The Labute approximate surface area is 196 Å². The van der Waals surface area contributed by atoms with Crippen molar-refractivity contribution in [3.63, 3.8) is 0 Å². The first kappa shape index (κ1) is 23.5. The Morgan fingerprint density at radius 1 is 1.33 bits per heavy atom. The van der Waals surface area contributed by atoms with E-state index in [0.29, 0.717) is 24.1 Å². The number of hydrogen-bond donors (Lipinski definition) is 2. The van der Waals surface area contributed by atoms with E-state index in [1.54, 1.807) is 35.0 Å². The van der Waals surface area contributed by atoms with Gasteiger partial charge in [0.05, 0.1) is 23.6 Å². The van der Waals surface area contributed by atoms with E-state index in [-0.39, 0.29) is 24.5 Å². The van der Waals surface area contributed by atoms with Gasteiger partial charge in [-0.15, -0.1) is 0 Å². The summed E-state index contributed by atoms with van der Waals surface area (Å²) in [5.41, 5.74) is 0.809. The number of nitrogens with one attached hydrogen (secondary N) is 2. The minimum absolute atomic E-state index is 0.0891. The fraction of sp³-hybridized carbons (Fsp3) is 0.455. The summed E-state index contributed by atoms with van der Waals surface area (Å²) in [6.45, 7) is 1.97. The van der Waals surface area contributed by atoms with Gasteiger partial charge in [0.2, 0.25) is 5.91 Å². The number of thiophene rings is 1. The first-order valence-corrected chi connectivity index (χ1v) is 13.5. The molecule has 2 amide bonds. The van der Waals surface area contributed by atoms with E-state index in [4.69, 9.17) is 0 Å². The van der Waals surface area contributed by atoms with Gasteiger partial charge in [-0.1, -0.05) is 19.4 Å². The number of carbonyl (C=O) groups is 3. The number of Topliss-reactive ketones (excluding diaryl/α,β-unsaturated/α-hetero) is 1. The molecule has 0 radical (unpaired) electrons. The third-order valence-corrected chi connectivity index (χ3v) is 8.65. The third kappa shape index (κ3) is 4.85. The highest BCUT2D eigenvalue weighted by molar-refractivity contribution is 7.91. The van der Waals surface area contributed by atoms with Crippen molar-refractivity contribution in [3.05, 3.63) is 52.5 Å². The fourth-order valence-electron chi connectivity index (χ4n) is 4.49. The van der Waals surface area contributed by atoms with Crippen LogP contribution in [-0.2, 0) is 25.2 Å². The molecule has 4 heterocycles. The van der Waals surface area contributed by atoms with Gasteiger partial charge in [-0.25, -0.2) is 8.42 Å². The number of aromatic nitrogens is 1. The van der Waals surface area contributed by atoms with Crippen LogP contribution in [0, 0.1) is 0 Å². The molecular formula is C22H26N4O5S2. The summed E-state index contributed by atoms with van der Waals surface area (Å²) in [5.74, 6) is -1.50. The molecule has 2 aromatic rings. The van der Waals surface area contributed by atoms with Crippen molar-refractivity contribution in [2.75, 3.05) is 6.54 Å². The summed E-state index contributed by atoms with van der Waals surface area (Å²) < 4.78 is 26.8. The number of rotatable bonds is 8. The average molecular weight is 491 g/mol. The number of amides is 2. The van der Waals surface area contributed by atoms with Gasteiger partial charge < -0.3 is 15.5 Å². The number of fused-ring (bicyclic) bond motifs is 1. The highest BCUT2D eigenvalue weighted by Gasteiger charge is 2.55. The molecule has 33 heavy (non-hydrogen) atoms. The maximum Gasteiger partial charge on any atom is 0.252 e. The van der Waals surface area contributed by atoms with Gasteiger partial charge in [0.1, 0.15) is 17.5 Å². The van der Waals surface area contributed by atoms with Gasteiger partial charge >= 0.3 is 0 Å². The monoisotopic (exact) mass is 490 g/mol. The van der Waals surface area contributed by atoms with Crippen molar-refractivity contribution in [1.29, 1.82) is 0 Å². The van der Waals surface area contributed by atoms with Crippen LogP contribution in [0.4, 0.5) is 0 Å². The molecule has 0 bridgehead atoms. The molecule has 0 aromatic carbocycles. The van der Waals surface area contributed by atoms with E-state index in [1.807, 2.05) is 6.92 Å². The molecule has 2 aliphatic heterocycles. The number of pyridine rings is 1. The predicted molar refractivity (Wildman–Crippen MR) is 123 cm³/mol. The largest absolute Gasteiger partial charge is 0.340 e. The zero-order valence-corrected chi connectivity index (χ0v) is 19.8. The van der Waals surface area contributed by atoms with Crippen molar-refractivity contribution in [2.24, 2.45) is 0 Å². The highest BCUT2D eigenvalue weighted by atomic mass is 32.2. The molecule has 176 valence electrons. The van der Waals surface area contributed by atoms with Crippen LogP contribution < -0.4 is 10.6 Å². The molecule has 4 atom stereocenters. The Balaban J connectivity index is 1.63. The zero-order chi connectivity index (χ0) is 23.6. The second-order valence-corrected chi connectivity index (χ2v) is 11.2. The van der Waals surface area contributed by atoms with E-state index >= 15 is 0 Å². The lowest BCUT2D eigenvalue weighted by Crippen LogP contribution is -2.56. The summed E-state index contributed by atoms with van der Waals surface area (Å²) in [6.07, 6.45) is 2.56. The summed E-state index contributed by atoms with van der Waals surface area (Å²) in [5, 5.41) is 8.07. The molecule has 4 unspecified atom stereocenters. The van der Waals surface area contributed by atoms with Crippen molar-refractivity contribution < 1.29 is 22.8 Å². The number of nitrogens with zero attached hydrogens (tertiary/aromatic N) is 2. The number of carbonyl (C=O) groups excluding carboxylic acids is 3. The van der Waals surface area contributed by atoms with E-state index in [1.165, 1.54) is 22.4 Å². The van der Waals surface area contributed by atoms with Gasteiger partial charge in [-0.2, -0.15) is 11.3 Å². The standard InChI is InChI=1S/C22H26N4O5S2/c1-2-5-16(25-21(28)14-7-9-32-12-14)22(29)26-19(10-17-20(26)18(27)11-24-17)33(30,31)13-15-6-3-4-8-23-15/h3-4,6-9,12,16-17,19-20,24H,2,5,10-11,13H2,1H3,(H,25,28). The smallest absolute Gasteiger partial charge is 0.252 e. The summed E-state index contributed by atoms with van der Waals surface area (Å²) in [7, 11) is -3.85. The maximum absolute atomic E-state index is 13.7. The lowest BCUT2D eigenvalue weighted by Gasteiger charge is -2.32. The minimum atomic E-state index is -3.85. The van der Waals surface area contributed by atoms with Crippen LogP contribution in [0.15, 0.2) is 41.2 Å². The summed E-state index contributed by atoms with van der Waals surface area (Å²) in [4.78, 5) is 44.3. The lowest BCUT2D eigenvalue weighted by atomic mass is 10.1. The SMILES string of the molecule is CCCC(NC(=O)c1ccsc1)C(=O)N1C2C(=O)CNC2CC1S(=O)(=O)Cc1ccccn1. The minimum Gasteiger partial charge on any atom is -0.340 e. The first-order valence-electron chi connectivity index (χ1n) is 10.8. The van der Waals surface area contributed by atoms with Crippen LogP contribution in [0.5, 0.6) is 0 Å². The van der Waals surface area contributed by atoms with E-state index < -0.39 is 45.2 Å². The molecule has 0 spiro atoms. The second kappa shape index (κ2) is 9.70. The molecule has 2 N–H and O–H groups in total. The van der Waals surface area contributed by atoms with E-state index in [9.17, 15) is 22.8 Å². The number of sulfone groups is 1. The van der Waals surface area contributed by atoms with Crippen molar-refractivity contribution >= 4 is 38.8 Å². The summed E-state index contributed by atoms with van der Waals surface area (Å²) >= 11 is 1.37. The van der Waals surface area contributed by atoms with Gasteiger partial charge in [-0.05, 0) is 30.0 Å². The quantitative estimate of drug-likeness (QED) is 0.568. The van der Waals surface area contributed by atoms with Crippen LogP contribution >= 0.6 is 11.3 Å². The van der Waals surface area contributed by atoms with Gasteiger partial charge in [0, 0.05) is 24.0 Å². The number of likely N-dealkylation sites (tertiary alicyclic amines) is 1. The number of ketones is 1. The van der Waals surface area contributed by atoms with Crippen molar-refractivity contribution in [3.8, 4) is 0 Å². The lowest BCUT2D eigenvalue weighted by molar-refractivity contribution is -0.138. The second-order valence-electron chi connectivity index (χ2n) is 8.29. The molecule has 2 fully saturated rings. The normalized spacial score (nSPS) is 23.4. The van der Waals surface area contributed by atoms with Gasteiger partial charge in [0.25, 0.3) is 5.91 Å². The Morgan fingerprint density at radius 2 is 2.15 bits per heavy atom. The Morgan fingerprint density at radius 3 is 2.82 bits per heavy atom. The number of hydrogen-bond acceptors (Lipinski definition) is 8. The molecular weight excluding hydrogens is 464 g/mol. The molecule has 2 saturated heterocycles. The predicted octanol–water partition coefficient (Wildman–Crippen LogP) is 1.12.